The number of nitrogens with zero attached hydrogens (tertiary/aromatic N) is 2. The quantitative estimate of drug-likeness (QED) is 0.267. The molecule has 0 saturated carbocycles. The fourth-order valence-corrected chi connectivity index (χ4v) is 2.20. The number of ether oxygens (including phenoxy) is 1. The molecule has 0 fully saturated rings. The maximum atomic E-state index is 13.3. The third-order valence-electron chi connectivity index (χ3n) is 3.55. The van der Waals surface area contributed by atoms with E-state index in [-0.39, 0.29) is 35.7 Å². The number of aromatic nitrogens is 1. The van der Waals surface area contributed by atoms with Gasteiger partial charge in [-0.15, -0.1) is 24.0 Å². The van der Waals surface area contributed by atoms with E-state index in [0.29, 0.717) is 30.2 Å². The van der Waals surface area contributed by atoms with Crippen molar-refractivity contribution in [2.45, 2.75) is 26.2 Å². The predicted molar refractivity (Wildman–Crippen MR) is 109 cm³/mol. The minimum Gasteiger partial charge on any atom is -0.468 e. The Morgan fingerprint density at radius 1 is 1.11 bits per heavy atom. The number of benzene rings is 1. The molecule has 0 saturated heterocycles. The van der Waals surface area contributed by atoms with Gasteiger partial charge in [-0.3, -0.25) is 4.99 Å². The van der Waals surface area contributed by atoms with Crippen LogP contribution in [0.3, 0.4) is 0 Å². The summed E-state index contributed by atoms with van der Waals surface area (Å²) >= 11 is 0. The second kappa shape index (κ2) is 11.0. The summed E-state index contributed by atoms with van der Waals surface area (Å²) in [6, 6.07) is 7.90. The molecule has 0 atom stereocenters. The zero-order valence-electron chi connectivity index (χ0n) is 15.3. The molecule has 1 aromatic carbocycles. The zero-order valence-corrected chi connectivity index (χ0v) is 17.6. The first-order chi connectivity index (χ1) is 12.8. The van der Waals surface area contributed by atoms with Crippen LogP contribution in [0.5, 0.6) is 5.88 Å². The minimum absolute atomic E-state index is 0. The van der Waals surface area contributed by atoms with Crippen molar-refractivity contribution in [1.29, 1.82) is 0 Å². The molecule has 1 heterocycles. The van der Waals surface area contributed by atoms with Crippen molar-refractivity contribution < 1.29 is 22.3 Å². The van der Waals surface area contributed by atoms with Crippen LogP contribution in [0.2, 0.25) is 0 Å². The Morgan fingerprint density at radius 2 is 1.75 bits per heavy atom. The molecule has 0 bridgehead atoms. The summed E-state index contributed by atoms with van der Waals surface area (Å²) in [7, 11) is 1.59. The van der Waals surface area contributed by atoms with E-state index in [9.17, 15) is 17.6 Å². The summed E-state index contributed by atoms with van der Waals surface area (Å²) in [5.41, 5.74) is 2.13. The van der Waals surface area contributed by atoms with Gasteiger partial charge in [0.05, 0.1) is 0 Å². The van der Waals surface area contributed by atoms with Gasteiger partial charge in [-0.05, 0) is 35.7 Å². The van der Waals surface area contributed by atoms with Gasteiger partial charge in [0.1, 0.15) is 5.82 Å². The number of alkyl halides is 3. The lowest BCUT2D eigenvalue weighted by atomic mass is 10.1. The van der Waals surface area contributed by atoms with Crippen LogP contribution in [-0.4, -0.2) is 30.8 Å². The van der Waals surface area contributed by atoms with E-state index in [1.54, 1.807) is 32.2 Å². The van der Waals surface area contributed by atoms with Crippen molar-refractivity contribution in [3.8, 4) is 5.88 Å². The van der Waals surface area contributed by atoms with Gasteiger partial charge in [-0.2, -0.15) is 13.2 Å². The van der Waals surface area contributed by atoms with E-state index in [1.807, 2.05) is 0 Å². The first-order valence-electron chi connectivity index (χ1n) is 8.11. The van der Waals surface area contributed by atoms with Gasteiger partial charge in [0.2, 0.25) is 5.88 Å². The molecule has 2 N–H and O–H groups in total. The molecule has 0 aliphatic rings. The maximum Gasteiger partial charge on any atom is 0.422 e. The number of hydrogen-bond donors (Lipinski definition) is 2. The monoisotopic (exact) mass is 512 g/mol. The molecule has 2 aromatic rings. The van der Waals surface area contributed by atoms with Crippen LogP contribution >= 0.6 is 24.0 Å². The van der Waals surface area contributed by atoms with Crippen molar-refractivity contribution >= 4 is 29.9 Å². The molecule has 5 nitrogen and oxygen atoms in total. The molecule has 10 heteroatoms. The summed E-state index contributed by atoms with van der Waals surface area (Å²) in [6.07, 6.45) is -3.04. The number of aryl methyl sites for hydroxylation is 1. The van der Waals surface area contributed by atoms with Crippen molar-refractivity contribution in [3.05, 3.63) is 59.0 Å². The fraction of sp³-hybridized carbons (Fsp3) is 0.333. The fourth-order valence-electron chi connectivity index (χ4n) is 2.20. The third-order valence-corrected chi connectivity index (χ3v) is 3.55. The van der Waals surface area contributed by atoms with Crippen LogP contribution in [0, 0.1) is 12.7 Å². The van der Waals surface area contributed by atoms with Gasteiger partial charge in [0.25, 0.3) is 0 Å². The summed E-state index contributed by atoms with van der Waals surface area (Å²) in [6.45, 7) is 1.05. The summed E-state index contributed by atoms with van der Waals surface area (Å²) < 4.78 is 54.5. The van der Waals surface area contributed by atoms with E-state index in [0.717, 1.165) is 5.56 Å². The number of guanidine groups is 1. The molecule has 2 rings (SSSR count). The average Bonchev–Trinajstić information content (AvgIpc) is 2.63. The number of pyridine rings is 1. The van der Waals surface area contributed by atoms with Crippen LogP contribution < -0.4 is 15.4 Å². The predicted octanol–water partition coefficient (Wildman–Crippen LogP) is 3.95. The topological polar surface area (TPSA) is 58.5 Å². The highest BCUT2D eigenvalue weighted by Crippen LogP contribution is 2.17. The van der Waals surface area contributed by atoms with Crippen LogP contribution in [-0.2, 0) is 13.1 Å². The summed E-state index contributed by atoms with van der Waals surface area (Å²) in [4.78, 5) is 7.83. The standard InChI is InChI=1S/C18H20F4N4O.HI/c1-12-7-13(3-4-15(12)19)9-25-17(23-2)26-10-14-5-6-24-16(8-14)27-11-18(20,21)22;/h3-8H,9-11H2,1-2H3,(H2,23,25,26);1H. The largest absolute Gasteiger partial charge is 0.468 e. The lowest BCUT2D eigenvalue weighted by Gasteiger charge is -2.13. The van der Waals surface area contributed by atoms with E-state index >= 15 is 0 Å². The highest BCUT2D eigenvalue weighted by atomic mass is 127. The molecule has 0 spiro atoms. The van der Waals surface area contributed by atoms with E-state index < -0.39 is 12.8 Å². The Labute approximate surface area is 177 Å². The molecule has 28 heavy (non-hydrogen) atoms. The molecule has 1 aromatic heterocycles. The highest BCUT2D eigenvalue weighted by Gasteiger charge is 2.28. The number of halogens is 5. The van der Waals surface area contributed by atoms with Crippen LogP contribution in [0.15, 0.2) is 41.5 Å². The van der Waals surface area contributed by atoms with E-state index in [2.05, 4.69) is 25.3 Å². The Kier molecular flexibility index (Phi) is 9.42. The van der Waals surface area contributed by atoms with Gasteiger partial charge < -0.3 is 15.4 Å². The third kappa shape index (κ3) is 8.28. The molecule has 0 radical (unpaired) electrons. The normalized spacial score (nSPS) is 11.6. The van der Waals surface area contributed by atoms with Gasteiger partial charge >= 0.3 is 6.18 Å². The molecule has 0 aliphatic heterocycles. The molecular weight excluding hydrogens is 491 g/mol. The molecule has 0 amide bonds. The molecular formula is C18H21F4IN4O. The lowest BCUT2D eigenvalue weighted by Crippen LogP contribution is -2.36. The Morgan fingerprint density at radius 3 is 2.32 bits per heavy atom. The van der Waals surface area contributed by atoms with Gasteiger partial charge in [0, 0.05) is 32.4 Å². The van der Waals surface area contributed by atoms with Crippen molar-refractivity contribution in [3.63, 3.8) is 0 Å². The number of nitrogens with one attached hydrogen (secondary N) is 2. The van der Waals surface area contributed by atoms with E-state index in [1.165, 1.54) is 18.3 Å². The first kappa shape index (κ1) is 23.9. The minimum atomic E-state index is -4.42. The Hall–Kier alpha value is -2.11. The molecule has 154 valence electrons. The van der Waals surface area contributed by atoms with Crippen molar-refractivity contribution in [2.24, 2.45) is 4.99 Å². The van der Waals surface area contributed by atoms with Crippen molar-refractivity contribution in [2.75, 3.05) is 13.7 Å². The van der Waals surface area contributed by atoms with Gasteiger partial charge in [0.15, 0.2) is 12.6 Å². The van der Waals surface area contributed by atoms with Gasteiger partial charge in [-0.25, -0.2) is 9.37 Å². The number of hydrogen-bond acceptors (Lipinski definition) is 3. The second-order valence-corrected chi connectivity index (χ2v) is 5.77. The first-order valence-corrected chi connectivity index (χ1v) is 8.11. The Balaban J connectivity index is 0.00000392. The van der Waals surface area contributed by atoms with Crippen molar-refractivity contribution in [1.82, 2.24) is 15.6 Å². The number of rotatable bonds is 6. The second-order valence-electron chi connectivity index (χ2n) is 5.77. The zero-order chi connectivity index (χ0) is 19.9. The van der Waals surface area contributed by atoms with Crippen LogP contribution in [0.4, 0.5) is 17.6 Å². The summed E-state index contributed by atoms with van der Waals surface area (Å²) in [5, 5.41) is 6.12. The van der Waals surface area contributed by atoms with E-state index in [4.69, 9.17) is 0 Å². The maximum absolute atomic E-state index is 13.3. The van der Waals surface area contributed by atoms with Crippen LogP contribution in [0.25, 0.3) is 0 Å². The molecule has 0 unspecified atom stereocenters. The highest BCUT2D eigenvalue weighted by molar-refractivity contribution is 14.0. The van der Waals surface area contributed by atoms with Gasteiger partial charge in [-0.1, -0.05) is 12.1 Å². The SMILES string of the molecule is CN=C(NCc1ccnc(OCC(F)(F)F)c1)NCc1ccc(F)c(C)c1.I. The Bertz CT molecular complexity index is 799. The molecule has 0 aliphatic carbocycles. The smallest absolute Gasteiger partial charge is 0.422 e. The summed E-state index contributed by atoms with van der Waals surface area (Å²) in [5.74, 6) is 0.130. The number of aliphatic imine (C=N–C) groups is 1. The average molecular weight is 512 g/mol. The lowest BCUT2D eigenvalue weighted by molar-refractivity contribution is -0.154. The van der Waals surface area contributed by atoms with Crippen LogP contribution in [0.1, 0.15) is 16.7 Å².